The number of aryl methyl sites for hydroxylation is 1. The van der Waals surface area contributed by atoms with Gasteiger partial charge in [-0.2, -0.15) is 5.10 Å². The van der Waals surface area contributed by atoms with E-state index in [1.807, 2.05) is 39.4 Å². The Morgan fingerprint density at radius 2 is 1.80 bits per heavy atom. The van der Waals surface area contributed by atoms with E-state index in [1.54, 1.807) is 26.7 Å². The fourth-order valence-electron chi connectivity index (χ4n) is 3.61. The van der Waals surface area contributed by atoms with Gasteiger partial charge in [0, 0.05) is 6.42 Å². The van der Waals surface area contributed by atoms with Crippen molar-refractivity contribution in [3.05, 3.63) is 71.9 Å². The first-order valence-electron chi connectivity index (χ1n) is 9.52. The Bertz CT molecular complexity index is 1370. The standard InChI is InChI=1S/C22H20N6O2/c1-14-5-4-6-16(9-14)28-21-17(12-24-28)22-26-25-20(27(22)13-23-21)11-15-7-8-18(29-2)19(10-15)30-3/h4-10,12-13H,11H2,1-3H3. The van der Waals surface area contributed by atoms with Crippen molar-refractivity contribution in [2.45, 2.75) is 13.3 Å². The van der Waals surface area contributed by atoms with Crippen LogP contribution in [0, 0.1) is 6.92 Å². The Labute approximate surface area is 172 Å². The summed E-state index contributed by atoms with van der Waals surface area (Å²) >= 11 is 0. The van der Waals surface area contributed by atoms with E-state index < -0.39 is 0 Å². The Balaban J connectivity index is 1.55. The maximum atomic E-state index is 5.40. The zero-order valence-electron chi connectivity index (χ0n) is 16.9. The van der Waals surface area contributed by atoms with Crippen LogP contribution in [0.15, 0.2) is 55.0 Å². The number of hydrogen-bond acceptors (Lipinski definition) is 6. The predicted molar refractivity (Wildman–Crippen MR) is 112 cm³/mol. The van der Waals surface area contributed by atoms with E-state index in [2.05, 4.69) is 39.3 Å². The molecule has 0 unspecified atom stereocenters. The molecule has 5 rings (SSSR count). The van der Waals surface area contributed by atoms with Gasteiger partial charge < -0.3 is 9.47 Å². The van der Waals surface area contributed by atoms with E-state index in [4.69, 9.17) is 9.47 Å². The minimum absolute atomic E-state index is 0.584. The third-order valence-corrected chi connectivity index (χ3v) is 5.10. The molecule has 0 saturated heterocycles. The van der Waals surface area contributed by atoms with Gasteiger partial charge in [-0.25, -0.2) is 9.67 Å². The first kappa shape index (κ1) is 18.1. The van der Waals surface area contributed by atoms with Gasteiger partial charge in [-0.1, -0.05) is 18.2 Å². The number of fused-ring (bicyclic) bond motifs is 3. The van der Waals surface area contributed by atoms with Gasteiger partial charge in [0.15, 0.2) is 22.8 Å². The van der Waals surface area contributed by atoms with Crippen molar-refractivity contribution < 1.29 is 9.47 Å². The number of ether oxygens (including phenoxy) is 2. The summed E-state index contributed by atoms with van der Waals surface area (Å²) in [6.07, 6.45) is 4.12. The predicted octanol–water partition coefficient (Wildman–Crippen LogP) is 3.38. The van der Waals surface area contributed by atoms with Crippen molar-refractivity contribution in [3.8, 4) is 17.2 Å². The molecule has 0 amide bonds. The van der Waals surface area contributed by atoms with E-state index in [-0.39, 0.29) is 0 Å². The first-order chi connectivity index (χ1) is 14.7. The lowest BCUT2D eigenvalue weighted by atomic mass is 10.1. The summed E-state index contributed by atoms with van der Waals surface area (Å²) in [5.74, 6) is 2.16. The van der Waals surface area contributed by atoms with Crippen molar-refractivity contribution in [1.82, 2.24) is 29.4 Å². The minimum Gasteiger partial charge on any atom is -0.493 e. The molecule has 3 aromatic heterocycles. The van der Waals surface area contributed by atoms with Gasteiger partial charge in [0.2, 0.25) is 0 Å². The number of benzene rings is 2. The molecule has 3 heterocycles. The summed E-state index contributed by atoms with van der Waals surface area (Å²) in [6, 6.07) is 14.0. The molecule has 0 spiro atoms. The number of methoxy groups -OCH3 is 2. The summed E-state index contributed by atoms with van der Waals surface area (Å²) in [6.45, 7) is 2.06. The fraction of sp³-hybridized carbons (Fsp3) is 0.182. The third-order valence-electron chi connectivity index (χ3n) is 5.10. The molecular formula is C22H20N6O2. The van der Waals surface area contributed by atoms with Gasteiger partial charge >= 0.3 is 0 Å². The van der Waals surface area contributed by atoms with Crippen molar-refractivity contribution >= 4 is 16.7 Å². The first-order valence-corrected chi connectivity index (χ1v) is 9.52. The zero-order chi connectivity index (χ0) is 20.7. The quantitative estimate of drug-likeness (QED) is 0.450. The van der Waals surface area contributed by atoms with Crippen LogP contribution >= 0.6 is 0 Å². The van der Waals surface area contributed by atoms with Crippen molar-refractivity contribution in [1.29, 1.82) is 0 Å². The molecule has 0 aliphatic heterocycles. The van der Waals surface area contributed by atoms with E-state index >= 15 is 0 Å². The van der Waals surface area contributed by atoms with Crippen molar-refractivity contribution in [2.24, 2.45) is 0 Å². The van der Waals surface area contributed by atoms with E-state index in [0.29, 0.717) is 17.9 Å². The third kappa shape index (κ3) is 2.93. The van der Waals surface area contributed by atoms with Crippen molar-refractivity contribution in [3.63, 3.8) is 0 Å². The highest BCUT2D eigenvalue weighted by Gasteiger charge is 2.15. The average molecular weight is 400 g/mol. The van der Waals surface area contributed by atoms with Crippen LogP contribution in [0.3, 0.4) is 0 Å². The second-order valence-electron chi connectivity index (χ2n) is 7.05. The van der Waals surface area contributed by atoms with Crippen LogP contribution in [0.25, 0.3) is 22.4 Å². The van der Waals surface area contributed by atoms with Crippen LogP contribution < -0.4 is 9.47 Å². The normalized spacial score (nSPS) is 11.3. The van der Waals surface area contributed by atoms with Crippen LogP contribution in [0.5, 0.6) is 11.5 Å². The number of hydrogen-bond donors (Lipinski definition) is 0. The lowest BCUT2D eigenvalue weighted by Crippen LogP contribution is -2.01. The molecule has 30 heavy (non-hydrogen) atoms. The van der Waals surface area contributed by atoms with Gasteiger partial charge in [-0.15, -0.1) is 10.2 Å². The molecule has 8 heteroatoms. The lowest BCUT2D eigenvalue weighted by Gasteiger charge is -2.09. The lowest BCUT2D eigenvalue weighted by molar-refractivity contribution is 0.354. The van der Waals surface area contributed by atoms with Gasteiger partial charge in [-0.05, 0) is 42.3 Å². The highest BCUT2D eigenvalue weighted by atomic mass is 16.5. The van der Waals surface area contributed by atoms with Gasteiger partial charge in [0.25, 0.3) is 0 Å². The molecule has 150 valence electrons. The van der Waals surface area contributed by atoms with Crippen LogP contribution in [-0.4, -0.2) is 43.6 Å². The number of aromatic nitrogens is 6. The molecule has 0 saturated carbocycles. The average Bonchev–Trinajstić information content (AvgIpc) is 3.37. The van der Waals surface area contributed by atoms with E-state index in [9.17, 15) is 0 Å². The minimum atomic E-state index is 0.584. The maximum absolute atomic E-state index is 5.40. The Hall–Kier alpha value is -3.94. The second kappa shape index (κ2) is 7.14. The van der Waals surface area contributed by atoms with Crippen molar-refractivity contribution in [2.75, 3.05) is 14.2 Å². The highest BCUT2D eigenvalue weighted by Crippen LogP contribution is 2.28. The van der Waals surface area contributed by atoms with Gasteiger partial charge in [0.05, 0.1) is 31.5 Å². The number of rotatable bonds is 5. The van der Waals surface area contributed by atoms with Crippen LogP contribution in [0.1, 0.15) is 17.0 Å². The monoisotopic (exact) mass is 400 g/mol. The largest absolute Gasteiger partial charge is 0.493 e. The van der Waals surface area contributed by atoms with E-state index in [0.717, 1.165) is 39.3 Å². The SMILES string of the molecule is COc1ccc(Cc2nnc3c4cnn(-c5cccc(C)c5)c4ncn23)cc1OC. The molecule has 0 N–H and O–H groups in total. The van der Waals surface area contributed by atoms with E-state index in [1.165, 1.54) is 0 Å². The summed E-state index contributed by atoms with van der Waals surface area (Å²) in [5.41, 5.74) is 4.65. The Morgan fingerprint density at radius 3 is 2.60 bits per heavy atom. The smallest absolute Gasteiger partial charge is 0.174 e. The molecule has 2 aromatic carbocycles. The molecule has 0 radical (unpaired) electrons. The molecule has 0 aliphatic carbocycles. The zero-order valence-corrected chi connectivity index (χ0v) is 16.9. The summed E-state index contributed by atoms with van der Waals surface area (Å²) < 4.78 is 14.4. The molecule has 8 nitrogen and oxygen atoms in total. The highest BCUT2D eigenvalue weighted by molar-refractivity contribution is 5.89. The van der Waals surface area contributed by atoms with Gasteiger partial charge in [0.1, 0.15) is 12.2 Å². The van der Waals surface area contributed by atoms with Crippen LogP contribution in [0.2, 0.25) is 0 Å². The van der Waals surface area contributed by atoms with Crippen LogP contribution in [0.4, 0.5) is 0 Å². The molecular weight excluding hydrogens is 380 g/mol. The van der Waals surface area contributed by atoms with Crippen LogP contribution in [-0.2, 0) is 6.42 Å². The second-order valence-corrected chi connectivity index (χ2v) is 7.05. The molecule has 5 aromatic rings. The summed E-state index contributed by atoms with van der Waals surface area (Å²) in [5, 5.41) is 14.2. The van der Waals surface area contributed by atoms with Gasteiger partial charge in [-0.3, -0.25) is 4.40 Å². The molecule has 0 bridgehead atoms. The fourth-order valence-corrected chi connectivity index (χ4v) is 3.61. The number of nitrogens with zero attached hydrogens (tertiary/aromatic N) is 6. The molecule has 0 aliphatic rings. The Morgan fingerprint density at radius 1 is 0.933 bits per heavy atom. The topological polar surface area (TPSA) is 79.4 Å². The molecule has 0 fully saturated rings. The maximum Gasteiger partial charge on any atom is 0.174 e. The molecule has 0 atom stereocenters. The Kier molecular flexibility index (Phi) is 4.31. The summed E-state index contributed by atoms with van der Waals surface area (Å²) in [4.78, 5) is 4.65. The summed E-state index contributed by atoms with van der Waals surface area (Å²) in [7, 11) is 3.25.